The highest BCUT2D eigenvalue weighted by atomic mass is 16.5. The van der Waals surface area contributed by atoms with Crippen LogP contribution in [0.5, 0.6) is 0 Å². The Morgan fingerprint density at radius 2 is 1.89 bits per heavy atom. The normalized spacial score (nSPS) is 19.9. The van der Waals surface area contributed by atoms with Crippen LogP contribution in [0.25, 0.3) is 0 Å². The van der Waals surface area contributed by atoms with Crippen LogP contribution < -0.4 is 0 Å². The molecule has 1 heterocycles. The Balaban J connectivity index is 0.000000861. The van der Waals surface area contributed by atoms with E-state index < -0.39 is 0 Å². The third-order valence-electron chi connectivity index (χ3n) is 3.45. The van der Waals surface area contributed by atoms with Crippen molar-refractivity contribution in [1.82, 2.24) is 4.90 Å². The molecule has 1 aliphatic carbocycles. The summed E-state index contributed by atoms with van der Waals surface area (Å²) in [5.41, 5.74) is 1.53. The fourth-order valence-electron chi connectivity index (χ4n) is 2.21. The monoisotopic (exact) mass is 267 g/mol. The third-order valence-corrected chi connectivity index (χ3v) is 3.45. The van der Waals surface area contributed by atoms with Crippen molar-refractivity contribution < 1.29 is 9.47 Å². The van der Waals surface area contributed by atoms with Gasteiger partial charge in [-0.2, -0.15) is 0 Å². The number of morpholine rings is 1. The Morgan fingerprint density at radius 3 is 2.47 bits per heavy atom. The number of rotatable bonds is 5. The van der Waals surface area contributed by atoms with Crippen LogP contribution in [-0.2, 0) is 9.47 Å². The van der Waals surface area contributed by atoms with Gasteiger partial charge in [0, 0.05) is 26.1 Å². The molecule has 0 aromatic heterocycles. The van der Waals surface area contributed by atoms with Crippen LogP contribution >= 0.6 is 0 Å². The molecule has 1 saturated heterocycles. The molecule has 0 radical (unpaired) electrons. The summed E-state index contributed by atoms with van der Waals surface area (Å²) in [4.78, 5) is 2.40. The molecule has 3 heteroatoms. The molecular formula is C16H29NO2. The molecule has 110 valence electrons. The minimum absolute atomic E-state index is 0.807. The second-order valence-corrected chi connectivity index (χ2v) is 4.61. The van der Waals surface area contributed by atoms with E-state index >= 15 is 0 Å². The van der Waals surface area contributed by atoms with Crippen molar-refractivity contribution >= 4 is 0 Å². The van der Waals surface area contributed by atoms with Gasteiger partial charge in [-0.15, -0.1) is 0 Å². The Hall–Kier alpha value is -0.800. The molecule has 0 aromatic rings. The minimum Gasteiger partial charge on any atom is -0.497 e. The van der Waals surface area contributed by atoms with Crippen LogP contribution in [0.2, 0.25) is 0 Å². The van der Waals surface area contributed by atoms with E-state index in [1.54, 1.807) is 0 Å². The summed E-state index contributed by atoms with van der Waals surface area (Å²) < 4.78 is 11.1. The van der Waals surface area contributed by atoms with Crippen molar-refractivity contribution in [2.75, 3.05) is 39.5 Å². The fourth-order valence-corrected chi connectivity index (χ4v) is 2.21. The molecular weight excluding hydrogens is 238 g/mol. The Bertz CT molecular complexity index is 291. The molecule has 1 fully saturated rings. The third kappa shape index (κ3) is 6.26. The summed E-state index contributed by atoms with van der Waals surface area (Å²) in [7, 11) is 0. The van der Waals surface area contributed by atoms with Crippen molar-refractivity contribution in [1.29, 1.82) is 0 Å². The average Bonchev–Trinajstić information content (AvgIpc) is 2.51. The van der Waals surface area contributed by atoms with Crippen molar-refractivity contribution in [3.8, 4) is 0 Å². The highest BCUT2D eigenvalue weighted by molar-refractivity contribution is 5.20. The van der Waals surface area contributed by atoms with Gasteiger partial charge in [0.15, 0.2) is 0 Å². The highest BCUT2D eigenvalue weighted by Crippen LogP contribution is 2.20. The molecule has 0 aromatic carbocycles. The highest BCUT2D eigenvalue weighted by Gasteiger charge is 2.11. The lowest BCUT2D eigenvalue weighted by molar-refractivity contribution is 0.0270. The Labute approximate surface area is 118 Å². The first kappa shape index (κ1) is 16.3. The number of hydrogen-bond acceptors (Lipinski definition) is 3. The standard InChI is InChI=1S/C14H23NO2.C2H6/c1-2-13-3-5-14(6-4-13)17-12-9-15-7-10-16-11-8-15;1-2/h3,5H,2,4,6-12H2,1H3;1-2H3. The molecule has 0 unspecified atom stereocenters. The summed E-state index contributed by atoms with van der Waals surface area (Å²) in [6.07, 6.45) is 7.76. The molecule has 1 aliphatic heterocycles. The van der Waals surface area contributed by atoms with Gasteiger partial charge >= 0.3 is 0 Å². The second kappa shape index (κ2) is 10.0. The fraction of sp³-hybridized carbons (Fsp3) is 0.750. The molecule has 0 atom stereocenters. The summed E-state index contributed by atoms with van der Waals surface area (Å²) in [5.74, 6) is 1.15. The van der Waals surface area contributed by atoms with Gasteiger partial charge in [0.05, 0.1) is 19.0 Å². The van der Waals surface area contributed by atoms with Gasteiger partial charge in [-0.05, 0) is 18.9 Å². The first-order valence-electron chi connectivity index (χ1n) is 7.70. The van der Waals surface area contributed by atoms with Crippen LogP contribution in [-0.4, -0.2) is 44.4 Å². The van der Waals surface area contributed by atoms with Crippen LogP contribution in [0.4, 0.5) is 0 Å². The minimum atomic E-state index is 0.807. The van der Waals surface area contributed by atoms with Gasteiger partial charge in [0.1, 0.15) is 6.61 Å². The van der Waals surface area contributed by atoms with E-state index in [4.69, 9.17) is 9.47 Å². The van der Waals surface area contributed by atoms with Crippen molar-refractivity contribution in [2.45, 2.75) is 40.0 Å². The summed E-state index contributed by atoms with van der Waals surface area (Å²) in [6.45, 7) is 11.9. The maximum atomic E-state index is 5.81. The van der Waals surface area contributed by atoms with Gasteiger partial charge in [0.25, 0.3) is 0 Å². The van der Waals surface area contributed by atoms with E-state index in [2.05, 4.69) is 24.0 Å². The zero-order chi connectivity index (χ0) is 13.9. The number of ether oxygens (including phenoxy) is 2. The maximum Gasteiger partial charge on any atom is 0.100 e. The first-order chi connectivity index (χ1) is 9.38. The van der Waals surface area contributed by atoms with E-state index in [1.807, 2.05) is 13.8 Å². The van der Waals surface area contributed by atoms with E-state index in [0.717, 1.165) is 58.1 Å². The molecule has 2 aliphatic rings. The molecule has 0 N–H and O–H groups in total. The molecule has 0 bridgehead atoms. The maximum absolute atomic E-state index is 5.81. The average molecular weight is 267 g/mol. The number of nitrogens with zero attached hydrogens (tertiary/aromatic N) is 1. The lowest BCUT2D eigenvalue weighted by Crippen LogP contribution is -2.38. The van der Waals surface area contributed by atoms with Crippen LogP contribution in [0.3, 0.4) is 0 Å². The summed E-state index contributed by atoms with van der Waals surface area (Å²) in [5, 5.41) is 0. The summed E-state index contributed by atoms with van der Waals surface area (Å²) in [6, 6.07) is 0. The molecule has 2 rings (SSSR count). The van der Waals surface area contributed by atoms with Gasteiger partial charge in [0.2, 0.25) is 0 Å². The lowest BCUT2D eigenvalue weighted by Gasteiger charge is -2.26. The molecule has 3 nitrogen and oxygen atoms in total. The Kier molecular flexibility index (Phi) is 8.59. The quantitative estimate of drug-likeness (QED) is 0.762. The van der Waals surface area contributed by atoms with E-state index in [9.17, 15) is 0 Å². The first-order valence-corrected chi connectivity index (χ1v) is 7.70. The predicted molar refractivity (Wildman–Crippen MR) is 80.3 cm³/mol. The molecule has 19 heavy (non-hydrogen) atoms. The SMILES string of the molecule is CC.CCC1=CC=C(OCCN2CCOCC2)CC1. The van der Waals surface area contributed by atoms with Crippen molar-refractivity contribution in [2.24, 2.45) is 0 Å². The van der Waals surface area contributed by atoms with Gasteiger partial charge < -0.3 is 9.47 Å². The largest absolute Gasteiger partial charge is 0.497 e. The van der Waals surface area contributed by atoms with Gasteiger partial charge in [-0.25, -0.2) is 0 Å². The summed E-state index contributed by atoms with van der Waals surface area (Å²) >= 11 is 0. The lowest BCUT2D eigenvalue weighted by atomic mass is 10.0. The molecule has 0 spiro atoms. The van der Waals surface area contributed by atoms with E-state index in [1.165, 1.54) is 12.0 Å². The zero-order valence-corrected chi connectivity index (χ0v) is 12.8. The Morgan fingerprint density at radius 1 is 1.16 bits per heavy atom. The predicted octanol–water partition coefficient (Wildman–Crippen LogP) is 3.38. The van der Waals surface area contributed by atoms with Crippen LogP contribution in [0.1, 0.15) is 40.0 Å². The van der Waals surface area contributed by atoms with Crippen LogP contribution in [0.15, 0.2) is 23.5 Å². The van der Waals surface area contributed by atoms with Crippen molar-refractivity contribution in [3.05, 3.63) is 23.5 Å². The second-order valence-electron chi connectivity index (χ2n) is 4.61. The van der Waals surface area contributed by atoms with Crippen LogP contribution in [0, 0.1) is 0 Å². The van der Waals surface area contributed by atoms with Gasteiger partial charge in [-0.1, -0.05) is 32.4 Å². The van der Waals surface area contributed by atoms with Gasteiger partial charge in [-0.3, -0.25) is 4.90 Å². The smallest absolute Gasteiger partial charge is 0.100 e. The van der Waals surface area contributed by atoms with Crippen molar-refractivity contribution in [3.63, 3.8) is 0 Å². The topological polar surface area (TPSA) is 21.7 Å². The number of allylic oxidation sites excluding steroid dienone is 4. The molecule has 0 saturated carbocycles. The number of hydrogen-bond donors (Lipinski definition) is 0. The van der Waals surface area contributed by atoms with E-state index in [0.29, 0.717) is 0 Å². The molecule has 0 amide bonds. The zero-order valence-electron chi connectivity index (χ0n) is 12.8. The van der Waals surface area contributed by atoms with E-state index in [-0.39, 0.29) is 0 Å².